The molecule has 1 aliphatic heterocycles. The maximum Gasteiger partial charge on any atom is 0.253 e. The van der Waals surface area contributed by atoms with Crippen LogP contribution in [0.3, 0.4) is 0 Å². The maximum absolute atomic E-state index is 13.2. The Morgan fingerprint density at radius 1 is 1.18 bits per heavy atom. The Bertz CT molecular complexity index is 1340. The van der Waals surface area contributed by atoms with E-state index in [2.05, 4.69) is 34.3 Å². The third-order valence-corrected chi connectivity index (χ3v) is 6.77. The van der Waals surface area contributed by atoms with Crippen molar-refractivity contribution in [2.75, 3.05) is 13.1 Å². The lowest BCUT2D eigenvalue weighted by atomic mass is 9.93. The first-order valence-electron chi connectivity index (χ1n) is 11.4. The Labute approximate surface area is 192 Å². The van der Waals surface area contributed by atoms with Crippen molar-refractivity contribution in [3.63, 3.8) is 0 Å². The highest BCUT2D eigenvalue weighted by Gasteiger charge is 2.31. The third kappa shape index (κ3) is 3.70. The van der Waals surface area contributed by atoms with Crippen molar-refractivity contribution in [2.45, 2.75) is 32.2 Å². The number of hydrogen-bond donors (Lipinski definition) is 3. The topological polar surface area (TPSA) is 115 Å². The number of carbonyl (C=O) groups is 1. The molecular formula is C25H30N6O2. The molecule has 2 aromatic carbocycles. The highest BCUT2D eigenvalue weighted by Crippen LogP contribution is 2.30. The minimum Gasteiger partial charge on any atom is -0.378 e. The quantitative estimate of drug-likeness (QED) is 0.416. The zero-order chi connectivity index (χ0) is 23.3. The number of aryl methyl sites for hydroxylation is 2. The van der Waals surface area contributed by atoms with Gasteiger partial charge in [-0.25, -0.2) is 4.98 Å². The first-order valence-corrected chi connectivity index (χ1v) is 11.4. The van der Waals surface area contributed by atoms with E-state index in [0.29, 0.717) is 25.1 Å². The van der Waals surface area contributed by atoms with Gasteiger partial charge in [0, 0.05) is 55.1 Å². The van der Waals surface area contributed by atoms with Gasteiger partial charge in [0.05, 0.1) is 16.7 Å². The van der Waals surface area contributed by atoms with E-state index in [9.17, 15) is 9.90 Å². The van der Waals surface area contributed by atoms with Crippen LogP contribution in [0, 0.1) is 5.92 Å². The zero-order valence-electron chi connectivity index (χ0n) is 19.0. The number of nitrogens with zero attached hydrogens (tertiary/aromatic N) is 4. The van der Waals surface area contributed by atoms with Crippen LogP contribution in [-0.4, -0.2) is 55.4 Å². The molecule has 0 saturated carbocycles. The summed E-state index contributed by atoms with van der Waals surface area (Å²) in [6.07, 6.45) is -0.381. The van der Waals surface area contributed by atoms with Crippen LogP contribution in [0.2, 0.25) is 0 Å². The Morgan fingerprint density at radius 2 is 1.97 bits per heavy atom. The predicted octanol–water partition coefficient (Wildman–Crippen LogP) is 2.28. The summed E-state index contributed by atoms with van der Waals surface area (Å²) >= 11 is 0. The molecule has 3 heterocycles. The van der Waals surface area contributed by atoms with Crippen LogP contribution in [0.4, 0.5) is 0 Å². The van der Waals surface area contributed by atoms with E-state index in [1.165, 1.54) is 10.9 Å². The molecule has 0 radical (unpaired) electrons. The summed E-state index contributed by atoms with van der Waals surface area (Å²) in [5, 5.41) is 11.0. The van der Waals surface area contributed by atoms with E-state index in [4.69, 9.17) is 16.5 Å². The van der Waals surface area contributed by atoms with Crippen LogP contribution in [-0.2, 0) is 13.6 Å². The normalized spacial score (nSPS) is 20.0. The molecule has 1 unspecified atom stereocenters. The molecule has 8 heteroatoms. The molecule has 5 rings (SSSR count). The van der Waals surface area contributed by atoms with E-state index in [0.717, 1.165) is 29.1 Å². The van der Waals surface area contributed by atoms with Crippen LogP contribution in [0.1, 0.15) is 23.7 Å². The van der Waals surface area contributed by atoms with Crippen molar-refractivity contribution in [2.24, 2.45) is 24.4 Å². The average molecular weight is 447 g/mol. The zero-order valence-corrected chi connectivity index (χ0v) is 19.0. The second kappa shape index (κ2) is 8.30. The molecular weight excluding hydrogens is 416 g/mol. The largest absolute Gasteiger partial charge is 0.378 e. The number of imidazole rings is 1. The monoisotopic (exact) mass is 446 g/mol. The number of piperidine rings is 1. The lowest BCUT2D eigenvalue weighted by Gasteiger charge is -2.37. The summed E-state index contributed by atoms with van der Waals surface area (Å²) in [6, 6.07) is 15.9. The number of likely N-dealkylation sites (tertiary alicyclic amines) is 1. The summed E-state index contributed by atoms with van der Waals surface area (Å²) < 4.78 is 4.33. The van der Waals surface area contributed by atoms with Crippen molar-refractivity contribution >= 4 is 27.8 Å². The molecule has 33 heavy (non-hydrogen) atoms. The molecule has 2 aromatic heterocycles. The van der Waals surface area contributed by atoms with Gasteiger partial charge in [-0.05, 0) is 43.7 Å². The minimum atomic E-state index is -0.988. The Hall–Kier alpha value is -3.20. The summed E-state index contributed by atoms with van der Waals surface area (Å²) in [7, 11) is 2.00. The van der Waals surface area contributed by atoms with Gasteiger partial charge in [-0.1, -0.05) is 18.2 Å². The highest BCUT2D eigenvalue weighted by atomic mass is 16.3. The lowest BCUT2D eigenvalue weighted by molar-refractivity contribution is 0.0380. The van der Waals surface area contributed by atoms with E-state index < -0.39 is 6.23 Å². The second-order valence-electron chi connectivity index (χ2n) is 8.99. The molecule has 1 aliphatic rings. The van der Waals surface area contributed by atoms with Gasteiger partial charge in [-0.3, -0.25) is 4.79 Å². The van der Waals surface area contributed by atoms with Crippen molar-refractivity contribution in [3.8, 4) is 11.5 Å². The number of benzene rings is 2. The number of nitrogens with two attached hydrogens (primary N) is 2. The number of carbonyl (C=O) groups excluding carboxylic acids is 1. The number of amides is 1. The Morgan fingerprint density at radius 3 is 2.73 bits per heavy atom. The van der Waals surface area contributed by atoms with Crippen molar-refractivity contribution in [1.82, 2.24) is 19.0 Å². The minimum absolute atomic E-state index is 0.118. The first-order chi connectivity index (χ1) is 15.9. The lowest BCUT2D eigenvalue weighted by Crippen LogP contribution is -2.53. The van der Waals surface area contributed by atoms with Crippen molar-refractivity contribution in [3.05, 3.63) is 54.1 Å². The fraction of sp³-hybridized carbons (Fsp3) is 0.360. The Kier molecular flexibility index (Phi) is 5.44. The van der Waals surface area contributed by atoms with Gasteiger partial charge in [-0.2, -0.15) is 0 Å². The average Bonchev–Trinajstić information content (AvgIpc) is 3.34. The van der Waals surface area contributed by atoms with Crippen LogP contribution < -0.4 is 11.5 Å². The fourth-order valence-corrected chi connectivity index (χ4v) is 5.07. The number of aromatic nitrogens is 3. The van der Waals surface area contributed by atoms with E-state index in [1.807, 2.05) is 37.4 Å². The van der Waals surface area contributed by atoms with Crippen LogP contribution in [0.25, 0.3) is 33.5 Å². The number of fused-ring (bicyclic) bond motifs is 2. The summed E-state index contributed by atoms with van der Waals surface area (Å²) in [5.41, 5.74) is 16.3. The third-order valence-electron chi connectivity index (χ3n) is 6.77. The van der Waals surface area contributed by atoms with Crippen LogP contribution in [0.5, 0.6) is 0 Å². The molecule has 4 aromatic rings. The van der Waals surface area contributed by atoms with Gasteiger partial charge in [0.1, 0.15) is 6.23 Å². The van der Waals surface area contributed by atoms with Crippen LogP contribution >= 0.6 is 0 Å². The predicted molar refractivity (Wildman–Crippen MR) is 130 cm³/mol. The molecule has 0 spiro atoms. The molecule has 1 fully saturated rings. The molecule has 1 amide bonds. The van der Waals surface area contributed by atoms with Gasteiger partial charge in [0.25, 0.3) is 5.91 Å². The first kappa shape index (κ1) is 21.6. The van der Waals surface area contributed by atoms with Gasteiger partial charge >= 0.3 is 0 Å². The molecule has 5 N–H and O–H groups in total. The van der Waals surface area contributed by atoms with Gasteiger partial charge < -0.3 is 30.6 Å². The standard InChI is InChI=1S/C25H30N6O2/c1-3-31-20-7-5-4-6-15(20)12-22(31)24-28-19-11-16(8-9-21(19)29(24)2)25(33)30-13-17(23(27)32)10-18(26)14-30/h4-9,11-12,17-18,23,32H,3,10,13-14,26-27H2,1-2H3/t17-,18+,23?/m0/s1. The van der Waals surface area contributed by atoms with Crippen molar-refractivity contribution < 1.29 is 9.90 Å². The van der Waals surface area contributed by atoms with E-state index in [-0.39, 0.29) is 17.9 Å². The van der Waals surface area contributed by atoms with E-state index in [1.54, 1.807) is 4.90 Å². The van der Waals surface area contributed by atoms with Gasteiger partial charge in [0.15, 0.2) is 5.82 Å². The SMILES string of the molecule is CCn1c(-c2nc3cc(C(=O)N4C[C@H](N)C[C@H](C(N)O)C4)ccc3n2C)cc2ccccc21. The maximum atomic E-state index is 13.2. The van der Waals surface area contributed by atoms with Crippen molar-refractivity contribution in [1.29, 1.82) is 0 Å². The molecule has 1 saturated heterocycles. The van der Waals surface area contributed by atoms with Crippen LogP contribution in [0.15, 0.2) is 48.5 Å². The molecule has 172 valence electrons. The fourth-order valence-electron chi connectivity index (χ4n) is 5.07. The summed E-state index contributed by atoms with van der Waals surface area (Å²) in [5.74, 6) is 0.519. The molecule has 3 atom stereocenters. The number of hydrogen-bond acceptors (Lipinski definition) is 5. The smallest absolute Gasteiger partial charge is 0.253 e. The molecule has 8 nitrogen and oxygen atoms in total. The molecule has 0 bridgehead atoms. The van der Waals surface area contributed by atoms with Gasteiger partial charge in [0.2, 0.25) is 0 Å². The highest BCUT2D eigenvalue weighted by molar-refractivity contribution is 5.98. The van der Waals surface area contributed by atoms with Gasteiger partial charge in [-0.15, -0.1) is 0 Å². The Balaban J connectivity index is 1.52. The second-order valence-corrected chi connectivity index (χ2v) is 8.99. The van der Waals surface area contributed by atoms with E-state index >= 15 is 0 Å². The number of rotatable bonds is 4. The summed E-state index contributed by atoms with van der Waals surface area (Å²) in [4.78, 5) is 19.9. The number of para-hydroxylation sites is 1. The summed E-state index contributed by atoms with van der Waals surface area (Å²) in [6.45, 7) is 3.81. The molecule has 0 aliphatic carbocycles. The number of aliphatic hydroxyl groups is 1. The number of aliphatic hydroxyl groups excluding tert-OH is 1.